The van der Waals surface area contributed by atoms with Crippen LogP contribution in [0, 0.1) is 0 Å². The summed E-state index contributed by atoms with van der Waals surface area (Å²) in [5, 5.41) is 7.95. The summed E-state index contributed by atoms with van der Waals surface area (Å²) >= 11 is 0. The Hall–Kier alpha value is -3.04. The van der Waals surface area contributed by atoms with Gasteiger partial charge in [-0.3, -0.25) is 9.59 Å². The lowest BCUT2D eigenvalue weighted by Gasteiger charge is -2.21. The molecular weight excluding hydrogens is 389 g/mol. The Morgan fingerprint density at radius 1 is 1.14 bits per heavy atom. The SMILES string of the molecule is CC(C(=O)NCC(=O)NC(C)(C)C)c1ccc(Nc2nc(C(F)(F)F)co2)cc1. The van der Waals surface area contributed by atoms with E-state index in [1.54, 1.807) is 31.2 Å². The van der Waals surface area contributed by atoms with Gasteiger partial charge in [-0.05, 0) is 45.4 Å². The van der Waals surface area contributed by atoms with Crippen LogP contribution in [-0.4, -0.2) is 28.9 Å². The van der Waals surface area contributed by atoms with Crippen molar-refractivity contribution >= 4 is 23.5 Å². The van der Waals surface area contributed by atoms with E-state index in [0.29, 0.717) is 17.5 Å². The fraction of sp³-hybridized carbons (Fsp3) is 0.421. The number of alkyl halides is 3. The second kappa shape index (κ2) is 8.54. The van der Waals surface area contributed by atoms with E-state index in [0.717, 1.165) is 0 Å². The molecular formula is C19H23F3N4O3. The van der Waals surface area contributed by atoms with Crippen molar-refractivity contribution in [1.29, 1.82) is 0 Å². The van der Waals surface area contributed by atoms with Gasteiger partial charge in [0, 0.05) is 11.2 Å². The highest BCUT2D eigenvalue weighted by molar-refractivity contribution is 5.88. The zero-order chi connectivity index (χ0) is 21.8. The first kappa shape index (κ1) is 22.3. The van der Waals surface area contributed by atoms with Crippen LogP contribution in [-0.2, 0) is 15.8 Å². The smallest absolute Gasteiger partial charge is 0.431 e. The van der Waals surface area contributed by atoms with Gasteiger partial charge in [-0.2, -0.15) is 18.2 Å². The molecule has 0 fully saturated rings. The molecule has 0 radical (unpaired) electrons. The number of aromatic nitrogens is 1. The zero-order valence-electron chi connectivity index (χ0n) is 16.5. The molecule has 10 heteroatoms. The summed E-state index contributed by atoms with van der Waals surface area (Å²) in [5.74, 6) is -1.14. The van der Waals surface area contributed by atoms with Crippen LogP contribution in [0.2, 0.25) is 0 Å². The van der Waals surface area contributed by atoms with Gasteiger partial charge in [-0.1, -0.05) is 12.1 Å². The summed E-state index contributed by atoms with van der Waals surface area (Å²) in [7, 11) is 0. The van der Waals surface area contributed by atoms with E-state index in [-0.39, 0.29) is 29.9 Å². The summed E-state index contributed by atoms with van der Waals surface area (Å²) in [6, 6.07) is 6.18. The Labute approximate surface area is 166 Å². The molecule has 29 heavy (non-hydrogen) atoms. The van der Waals surface area contributed by atoms with E-state index in [1.807, 2.05) is 20.8 Å². The predicted octanol–water partition coefficient (Wildman–Crippen LogP) is 3.57. The van der Waals surface area contributed by atoms with Gasteiger partial charge in [0.15, 0.2) is 5.69 Å². The molecule has 2 aromatic rings. The number of benzene rings is 1. The van der Waals surface area contributed by atoms with E-state index in [2.05, 4.69) is 20.9 Å². The molecule has 0 aliphatic carbocycles. The van der Waals surface area contributed by atoms with Crippen LogP contribution < -0.4 is 16.0 Å². The van der Waals surface area contributed by atoms with Gasteiger partial charge in [-0.25, -0.2) is 0 Å². The van der Waals surface area contributed by atoms with E-state index < -0.39 is 17.8 Å². The number of nitrogens with one attached hydrogen (secondary N) is 3. The van der Waals surface area contributed by atoms with Crippen LogP contribution in [0.3, 0.4) is 0 Å². The second-order valence-electron chi connectivity index (χ2n) is 7.52. The molecule has 3 N–H and O–H groups in total. The maximum atomic E-state index is 12.5. The molecule has 0 bridgehead atoms. The number of carbonyl (C=O) groups excluding carboxylic acids is 2. The summed E-state index contributed by atoms with van der Waals surface area (Å²) in [5.41, 5.74) is -0.397. The van der Waals surface area contributed by atoms with Gasteiger partial charge >= 0.3 is 6.18 Å². The number of carbonyl (C=O) groups is 2. The molecule has 2 amide bonds. The van der Waals surface area contributed by atoms with Crippen molar-refractivity contribution in [3.8, 4) is 0 Å². The van der Waals surface area contributed by atoms with Gasteiger partial charge in [0.25, 0.3) is 6.01 Å². The van der Waals surface area contributed by atoms with Gasteiger partial charge < -0.3 is 20.4 Å². The standard InChI is InChI=1S/C19H23F3N4O3/c1-11(16(28)23-9-15(27)26-18(2,3)4)12-5-7-13(8-6-12)24-17-25-14(10-29-17)19(20,21)22/h5-8,10-11H,9H2,1-4H3,(H,23,28)(H,24,25)(H,26,27). The van der Waals surface area contributed by atoms with E-state index >= 15 is 0 Å². The maximum absolute atomic E-state index is 12.5. The lowest BCUT2D eigenvalue weighted by Crippen LogP contribution is -2.46. The highest BCUT2D eigenvalue weighted by Crippen LogP contribution is 2.30. The molecule has 0 aliphatic heterocycles. The average Bonchev–Trinajstić information content (AvgIpc) is 3.07. The van der Waals surface area contributed by atoms with Crippen molar-refractivity contribution in [2.75, 3.05) is 11.9 Å². The average molecular weight is 412 g/mol. The Bertz CT molecular complexity index is 855. The van der Waals surface area contributed by atoms with Crippen molar-refractivity contribution in [1.82, 2.24) is 15.6 Å². The quantitative estimate of drug-likeness (QED) is 0.674. The lowest BCUT2D eigenvalue weighted by atomic mass is 10.00. The van der Waals surface area contributed by atoms with Gasteiger partial charge in [0.05, 0.1) is 12.5 Å². The maximum Gasteiger partial charge on any atom is 0.436 e. The Morgan fingerprint density at radius 3 is 2.28 bits per heavy atom. The zero-order valence-corrected chi connectivity index (χ0v) is 16.5. The molecule has 0 saturated carbocycles. The summed E-state index contributed by atoms with van der Waals surface area (Å²) in [4.78, 5) is 27.4. The lowest BCUT2D eigenvalue weighted by molar-refractivity contribution is -0.141. The number of nitrogens with zero attached hydrogens (tertiary/aromatic N) is 1. The van der Waals surface area contributed by atoms with Crippen LogP contribution in [0.4, 0.5) is 24.9 Å². The third-order valence-electron chi connectivity index (χ3n) is 3.79. The van der Waals surface area contributed by atoms with Crippen LogP contribution >= 0.6 is 0 Å². The van der Waals surface area contributed by atoms with Crippen molar-refractivity contribution in [2.24, 2.45) is 0 Å². The predicted molar refractivity (Wildman–Crippen MR) is 101 cm³/mol. The monoisotopic (exact) mass is 412 g/mol. The van der Waals surface area contributed by atoms with E-state index in [9.17, 15) is 22.8 Å². The number of rotatable bonds is 6. The minimum Gasteiger partial charge on any atom is -0.431 e. The van der Waals surface area contributed by atoms with Crippen molar-refractivity contribution < 1.29 is 27.2 Å². The van der Waals surface area contributed by atoms with Crippen molar-refractivity contribution in [2.45, 2.75) is 45.3 Å². The van der Waals surface area contributed by atoms with Gasteiger partial charge in [0.1, 0.15) is 6.26 Å². The van der Waals surface area contributed by atoms with E-state index in [4.69, 9.17) is 4.42 Å². The number of oxazole rings is 1. The Kier molecular flexibility index (Phi) is 6.55. The molecule has 1 unspecified atom stereocenters. The molecule has 2 rings (SSSR count). The molecule has 7 nitrogen and oxygen atoms in total. The third kappa shape index (κ3) is 6.81. The molecule has 1 aromatic carbocycles. The molecule has 0 spiro atoms. The number of hydrogen-bond donors (Lipinski definition) is 3. The first-order valence-corrected chi connectivity index (χ1v) is 8.83. The molecule has 158 valence electrons. The van der Waals surface area contributed by atoms with Gasteiger partial charge in [-0.15, -0.1) is 0 Å². The van der Waals surface area contributed by atoms with Crippen molar-refractivity contribution in [3.63, 3.8) is 0 Å². The minimum absolute atomic E-state index is 0.133. The highest BCUT2D eigenvalue weighted by atomic mass is 19.4. The van der Waals surface area contributed by atoms with Crippen LogP contribution in [0.5, 0.6) is 0 Å². The highest BCUT2D eigenvalue weighted by Gasteiger charge is 2.34. The third-order valence-corrected chi connectivity index (χ3v) is 3.79. The molecule has 1 heterocycles. The number of anilines is 2. The largest absolute Gasteiger partial charge is 0.436 e. The van der Waals surface area contributed by atoms with Crippen LogP contribution in [0.15, 0.2) is 34.9 Å². The summed E-state index contributed by atoms with van der Waals surface area (Å²) in [6.07, 6.45) is -4.06. The number of halogens is 3. The fourth-order valence-electron chi connectivity index (χ4n) is 2.37. The normalized spacial score (nSPS) is 12.9. The van der Waals surface area contributed by atoms with Crippen LogP contribution in [0.1, 0.15) is 44.9 Å². The molecule has 1 atom stereocenters. The van der Waals surface area contributed by atoms with Crippen LogP contribution in [0.25, 0.3) is 0 Å². The number of hydrogen-bond acceptors (Lipinski definition) is 5. The fourth-order valence-corrected chi connectivity index (χ4v) is 2.37. The molecule has 1 aromatic heterocycles. The minimum atomic E-state index is -4.58. The first-order chi connectivity index (χ1) is 13.3. The molecule has 0 saturated heterocycles. The topological polar surface area (TPSA) is 96.3 Å². The second-order valence-corrected chi connectivity index (χ2v) is 7.52. The summed E-state index contributed by atoms with van der Waals surface area (Å²) < 4.78 is 42.4. The Balaban J connectivity index is 1.92. The Morgan fingerprint density at radius 2 is 1.76 bits per heavy atom. The molecule has 0 aliphatic rings. The van der Waals surface area contributed by atoms with Gasteiger partial charge in [0.2, 0.25) is 11.8 Å². The number of amides is 2. The van der Waals surface area contributed by atoms with Crippen molar-refractivity contribution in [3.05, 3.63) is 41.8 Å². The van der Waals surface area contributed by atoms with E-state index in [1.165, 1.54) is 0 Å². The summed E-state index contributed by atoms with van der Waals surface area (Å²) in [6.45, 7) is 7.07. The first-order valence-electron chi connectivity index (χ1n) is 8.83.